The molecule has 0 heterocycles. The third-order valence-corrected chi connectivity index (χ3v) is 20.6. The van der Waals surface area contributed by atoms with Gasteiger partial charge in [0.05, 0.1) is 26.4 Å². The van der Waals surface area contributed by atoms with Crippen LogP contribution in [-0.2, 0) is 65.4 Å². The lowest BCUT2D eigenvalue weighted by Gasteiger charge is -2.21. The first kappa shape index (κ1) is 96.1. The Labute approximate surface area is 600 Å². The second-order valence-corrected chi connectivity index (χ2v) is 33.0. The van der Waals surface area contributed by atoms with E-state index in [1.165, 1.54) is 199 Å². The van der Waals surface area contributed by atoms with E-state index >= 15 is 0 Å². The van der Waals surface area contributed by atoms with E-state index in [2.05, 4.69) is 55.4 Å². The highest BCUT2D eigenvalue weighted by Gasteiger charge is 2.30. The Balaban J connectivity index is 5.18. The van der Waals surface area contributed by atoms with E-state index in [-0.39, 0.29) is 25.7 Å². The average molecular weight is 1440 g/mol. The predicted octanol–water partition coefficient (Wildman–Crippen LogP) is 23.2. The van der Waals surface area contributed by atoms with Crippen LogP contribution in [0.1, 0.15) is 402 Å². The van der Waals surface area contributed by atoms with E-state index < -0.39 is 97.5 Å². The van der Waals surface area contributed by atoms with Gasteiger partial charge in [-0.05, 0) is 49.4 Å². The van der Waals surface area contributed by atoms with Crippen molar-refractivity contribution >= 4 is 39.5 Å². The fourth-order valence-electron chi connectivity index (χ4n) is 12.0. The van der Waals surface area contributed by atoms with Crippen LogP contribution in [0.5, 0.6) is 0 Å². The zero-order valence-electron chi connectivity index (χ0n) is 64.4. The van der Waals surface area contributed by atoms with E-state index in [0.717, 1.165) is 108 Å². The minimum atomic E-state index is -4.96. The summed E-state index contributed by atoms with van der Waals surface area (Å²) in [5.74, 6) is 0.921. The van der Waals surface area contributed by atoms with Gasteiger partial charge in [0.25, 0.3) is 0 Å². The van der Waals surface area contributed by atoms with Gasteiger partial charge in [-0.2, -0.15) is 0 Å². The molecule has 0 amide bonds. The summed E-state index contributed by atoms with van der Waals surface area (Å²) in [6.45, 7) is 14.2. The highest BCUT2D eigenvalue weighted by atomic mass is 31.2. The second-order valence-electron chi connectivity index (χ2n) is 30.1. The number of carbonyl (C=O) groups is 4. The Morgan fingerprint density at radius 1 is 0.286 bits per heavy atom. The SMILES string of the molecule is CCC(C)CCCCCCCCCCCCCCCCCCCCC(=O)O[C@H](COC(=O)CCCCCCCCCCCCCCCCC(C)C)COP(=O)(O)OCC(O)COP(=O)(O)OC[C@@H](COC(=O)CCCCCCCCCC(C)C)OC(=O)CCCCCCCCC(C)C. The second kappa shape index (κ2) is 68.2. The fraction of sp³-hybridized carbons (Fsp3) is 0.949. The third-order valence-electron chi connectivity index (χ3n) is 18.7. The molecular formula is C79H154O17P2. The number of ether oxygens (including phenoxy) is 4. The van der Waals surface area contributed by atoms with E-state index in [1.807, 2.05) is 0 Å². The van der Waals surface area contributed by atoms with Gasteiger partial charge in [-0.25, -0.2) is 9.13 Å². The van der Waals surface area contributed by atoms with Gasteiger partial charge in [-0.15, -0.1) is 0 Å². The van der Waals surface area contributed by atoms with Gasteiger partial charge in [0.15, 0.2) is 12.2 Å². The van der Waals surface area contributed by atoms with Crippen LogP contribution in [0.3, 0.4) is 0 Å². The Hall–Kier alpha value is -1.94. The van der Waals surface area contributed by atoms with E-state index in [4.69, 9.17) is 37.0 Å². The van der Waals surface area contributed by atoms with Crippen molar-refractivity contribution in [2.45, 2.75) is 420 Å². The molecule has 0 aromatic heterocycles. The molecule has 582 valence electrons. The van der Waals surface area contributed by atoms with Gasteiger partial charge in [0.1, 0.15) is 19.3 Å². The minimum absolute atomic E-state index is 0.101. The Morgan fingerprint density at radius 2 is 0.490 bits per heavy atom. The van der Waals surface area contributed by atoms with E-state index in [9.17, 15) is 43.2 Å². The molecule has 0 aromatic rings. The zero-order chi connectivity index (χ0) is 72.4. The van der Waals surface area contributed by atoms with Gasteiger partial charge in [0, 0.05) is 25.7 Å². The first-order valence-electron chi connectivity index (χ1n) is 40.7. The normalized spacial score (nSPS) is 14.3. The maximum absolute atomic E-state index is 13.1. The number of phosphoric acid groups is 2. The van der Waals surface area contributed by atoms with Crippen molar-refractivity contribution in [1.82, 2.24) is 0 Å². The maximum Gasteiger partial charge on any atom is 0.472 e. The molecule has 0 saturated carbocycles. The molecule has 0 aromatic carbocycles. The van der Waals surface area contributed by atoms with Crippen molar-refractivity contribution in [2.24, 2.45) is 23.7 Å². The lowest BCUT2D eigenvalue weighted by molar-refractivity contribution is -0.161. The summed E-state index contributed by atoms with van der Waals surface area (Å²) < 4.78 is 68.5. The van der Waals surface area contributed by atoms with Crippen LogP contribution in [0.25, 0.3) is 0 Å². The maximum atomic E-state index is 13.1. The van der Waals surface area contributed by atoms with Crippen LogP contribution < -0.4 is 0 Å². The first-order chi connectivity index (χ1) is 47.1. The van der Waals surface area contributed by atoms with E-state index in [0.29, 0.717) is 37.5 Å². The van der Waals surface area contributed by atoms with E-state index in [1.54, 1.807) is 0 Å². The quantitative estimate of drug-likeness (QED) is 0.0222. The molecule has 19 heteroatoms. The van der Waals surface area contributed by atoms with Crippen LogP contribution >= 0.6 is 15.6 Å². The zero-order valence-corrected chi connectivity index (χ0v) is 66.2. The lowest BCUT2D eigenvalue weighted by atomic mass is 9.99. The smallest absolute Gasteiger partial charge is 0.462 e. The van der Waals surface area contributed by atoms with Gasteiger partial charge in [-0.1, -0.05) is 351 Å². The summed E-state index contributed by atoms with van der Waals surface area (Å²) in [4.78, 5) is 72.8. The predicted molar refractivity (Wildman–Crippen MR) is 400 cm³/mol. The number of hydrogen-bond acceptors (Lipinski definition) is 15. The summed E-state index contributed by atoms with van der Waals surface area (Å²) in [6, 6.07) is 0. The standard InChI is InChI=1S/C79H154O17P2/c1-9-72(8)58-50-42-33-27-23-19-14-12-10-11-13-15-21-25-29-35-45-53-61-78(83)95-74(65-89-76(81)59-51-43-34-28-24-20-17-16-18-22-26-31-39-47-55-69(2)3)67-93-97(85,86)91-63-73(80)64-92-98(87,88)94-68-75(96-79(84)62-54-46-38-37-41-49-57-71(6)7)66-90-77(82)60-52-44-36-30-32-40-48-56-70(4)5/h69-75,80H,9-68H2,1-8H3,(H,85,86)(H,87,88)/t72?,73?,74-,75-/m1/s1. The molecule has 0 aliphatic carbocycles. The molecule has 3 N–H and O–H groups in total. The van der Waals surface area contributed by atoms with Gasteiger partial charge in [-0.3, -0.25) is 37.3 Å². The third kappa shape index (κ3) is 71.1. The van der Waals surface area contributed by atoms with Crippen LogP contribution in [0, 0.1) is 23.7 Å². The molecule has 0 radical (unpaired) electrons. The molecule has 0 bridgehead atoms. The van der Waals surface area contributed by atoms with Crippen LogP contribution in [-0.4, -0.2) is 96.7 Å². The van der Waals surface area contributed by atoms with Crippen molar-refractivity contribution in [3.8, 4) is 0 Å². The van der Waals surface area contributed by atoms with Crippen LogP contribution in [0.4, 0.5) is 0 Å². The molecule has 4 unspecified atom stereocenters. The molecule has 6 atom stereocenters. The summed E-state index contributed by atoms with van der Waals surface area (Å²) in [6.07, 6.45) is 54.5. The molecule has 0 aliphatic heterocycles. The number of esters is 4. The Morgan fingerprint density at radius 3 is 0.724 bits per heavy atom. The van der Waals surface area contributed by atoms with Crippen molar-refractivity contribution in [1.29, 1.82) is 0 Å². The number of aliphatic hydroxyl groups excluding tert-OH is 1. The van der Waals surface area contributed by atoms with Crippen molar-refractivity contribution in [3.05, 3.63) is 0 Å². The molecule has 0 spiro atoms. The summed E-state index contributed by atoms with van der Waals surface area (Å²) in [7, 11) is -9.91. The van der Waals surface area contributed by atoms with Crippen molar-refractivity contribution in [2.75, 3.05) is 39.6 Å². The van der Waals surface area contributed by atoms with Crippen molar-refractivity contribution < 1.29 is 80.2 Å². The Kier molecular flexibility index (Phi) is 66.8. The summed E-state index contributed by atoms with van der Waals surface area (Å²) in [5, 5.41) is 10.6. The number of aliphatic hydroxyl groups is 1. The topological polar surface area (TPSA) is 237 Å². The average Bonchev–Trinajstić information content (AvgIpc) is 1.15. The molecule has 0 fully saturated rings. The molecule has 0 aliphatic rings. The first-order valence-corrected chi connectivity index (χ1v) is 43.7. The molecule has 17 nitrogen and oxygen atoms in total. The number of unbranched alkanes of at least 4 members (excludes halogenated alkanes) is 41. The number of hydrogen-bond donors (Lipinski definition) is 3. The van der Waals surface area contributed by atoms with Gasteiger partial charge in [0.2, 0.25) is 0 Å². The van der Waals surface area contributed by atoms with Gasteiger partial charge >= 0.3 is 39.5 Å². The minimum Gasteiger partial charge on any atom is -0.462 e. The lowest BCUT2D eigenvalue weighted by Crippen LogP contribution is -2.30. The number of carbonyl (C=O) groups excluding carboxylic acids is 4. The monoisotopic (exact) mass is 1440 g/mol. The molecule has 0 saturated heterocycles. The molecule has 0 rings (SSSR count). The Bertz CT molecular complexity index is 1920. The van der Waals surface area contributed by atoms with Gasteiger partial charge < -0.3 is 33.8 Å². The fourth-order valence-corrected chi connectivity index (χ4v) is 13.6. The highest BCUT2D eigenvalue weighted by Crippen LogP contribution is 2.45. The van der Waals surface area contributed by atoms with Crippen LogP contribution in [0.15, 0.2) is 0 Å². The number of rotatable bonds is 76. The van der Waals surface area contributed by atoms with Crippen molar-refractivity contribution in [3.63, 3.8) is 0 Å². The van der Waals surface area contributed by atoms with Crippen LogP contribution in [0.2, 0.25) is 0 Å². The largest absolute Gasteiger partial charge is 0.472 e. The highest BCUT2D eigenvalue weighted by molar-refractivity contribution is 7.47. The summed E-state index contributed by atoms with van der Waals surface area (Å²) >= 11 is 0. The molecule has 98 heavy (non-hydrogen) atoms. The summed E-state index contributed by atoms with van der Waals surface area (Å²) in [5.41, 5.74) is 0. The molecular weight excluding hydrogens is 1280 g/mol. The number of phosphoric ester groups is 2.